The van der Waals surface area contributed by atoms with Gasteiger partial charge in [-0.1, -0.05) is 53.7 Å². The Morgan fingerprint density at radius 2 is 1.50 bits per heavy atom. The predicted molar refractivity (Wildman–Crippen MR) is 103 cm³/mol. The Morgan fingerprint density at radius 1 is 0.893 bits per heavy atom. The summed E-state index contributed by atoms with van der Waals surface area (Å²) in [6.45, 7) is 1.09. The van der Waals surface area contributed by atoms with Crippen LogP contribution in [0.25, 0.3) is 11.3 Å². The second-order valence-electron chi connectivity index (χ2n) is 6.45. The van der Waals surface area contributed by atoms with Crippen molar-refractivity contribution in [3.05, 3.63) is 72.4 Å². The van der Waals surface area contributed by atoms with Crippen LogP contribution in [-0.2, 0) is 10.0 Å². The normalized spacial score (nSPS) is 15.5. The number of hydrogen-bond donors (Lipinski definition) is 0. The Bertz CT molecular complexity index is 1060. The average molecular weight is 397 g/mol. The van der Waals surface area contributed by atoms with Gasteiger partial charge in [0, 0.05) is 37.8 Å². The van der Waals surface area contributed by atoms with Gasteiger partial charge in [0.05, 0.1) is 4.90 Å². The summed E-state index contributed by atoms with van der Waals surface area (Å²) >= 11 is 0. The van der Waals surface area contributed by atoms with Crippen LogP contribution in [0, 0.1) is 0 Å². The molecule has 1 fully saturated rings. The van der Waals surface area contributed by atoms with E-state index < -0.39 is 10.0 Å². The third kappa shape index (κ3) is 3.56. The first kappa shape index (κ1) is 18.4. The van der Waals surface area contributed by atoms with Crippen LogP contribution in [0.15, 0.2) is 76.1 Å². The molecule has 7 nitrogen and oxygen atoms in total. The number of nitrogens with zero attached hydrogens (tertiary/aromatic N) is 3. The highest BCUT2D eigenvalue weighted by Gasteiger charge is 2.31. The molecule has 4 rings (SSSR count). The summed E-state index contributed by atoms with van der Waals surface area (Å²) in [6, 6.07) is 19.3. The minimum Gasteiger partial charge on any atom is -0.355 e. The summed E-state index contributed by atoms with van der Waals surface area (Å²) in [5.74, 6) is 0.261. The van der Waals surface area contributed by atoms with Crippen molar-refractivity contribution in [3.8, 4) is 11.3 Å². The maximum atomic E-state index is 12.7. The molecule has 0 spiro atoms. The first-order chi connectivity index (χ1) is 13.6. The van der Waals surface area contributed by atoms with Crippen LogP contribution < -0.4 is 0 Å². The van der Waals surface area contributed by atoms with Crippen LogP contribution in [0.5, 0.6) is 0 Å². The smallest absolute Gasteiger partial charge is 0.276 e. The fraction of sp³-hybridized carbons (Fsp3) is 0.200. The summed E-state index contributed by atoms with van der Waals surface area (Å²) in [6.07, 6.45) is 0. The molecule has 1 aliphatic rings. The van der Waals surface area contributed by atoms with Crippen molar-refractivity contribution < 1.29 is 17.7 Å². The molecule has 1 saturated heterocycles. The number of aromatic nitrogens is 1. The number of amides is 1. The Morgan fingerprint density at radius 3 is 2.14 bits per heavy atom. The summed E-state index contributed by atoms with van der Waals surface area (Å²) < 4.78 is 32.1. The van der Waals surface area contributed by atoms with Crippen molar-refractivity contribution in [1.29, 1.82) is 0 Å². The van der Waals surface area contributed by atoms with Gasteiger partial charge in [-0.15, -0.1) is 0 Å². The van der Waals surface area contributed by atoms with E-state index in [1.807, 2.05) is 30.3 Å². The molecule has 0 radical (unpaired) electrons. The third-order valence-corrected chi connectivity index (χ3v) is 6.61. The van der Waals surface area contributed by atoms with E-state index in [2.05, 4.69) is 5.16 Å². The standard InChI is InChI=1S/C20H19N3O4S/c24-20(18-15-19(27-21-18)16-7-3-1-4-8-16)22-11-13-23(14-12-22)28(25,26)17-9-5-2-6-10-17/h1-10,15H,11-14H2. The minimum atomic E-state index is -3.55. The van der Waals surface area contributed by atoms with E-state index in [0.717, 1.165) is 5.56 Å². The SMILES string of the molecule is O=C(c1cc(-c2ccccc2)on1)N1CCN(S(=O)(=O)c2ccccc2)CC1. The Labute approximate surface area is 163 Å². The van der Waals surface area contributed by atoms with Gasteiger partial charge < -0.3 is 9.42 Å². The topological polar surface area (TPSA) is 83.7 Å². The van der Waals surface area contributed by atoms with Crippen molar-refractivity contribution >= 4 is 15.9 Å². The third-order valence-electron chi connectivity index (χ3n) is 4.69. The van der Waals surface area contributed by atoms with Gasteiger partial charge in [-0.2, -0.15) is 4.31 Å². The maximum Gasteiger partial charge on any atom is 0.276 e. The zero-order chi connectivity index (χ0) is 19.6. The number of sulfonamides is 1. The molecule has 1 aromatic heterocycles. The van der Waals surface area contributed by atoms with Gasteiger partial charge in [-0.25, -0.2) is 8.42 Å². The zero-order valence-electron chi connectivity index (χ0n) is 15.1. The van der Waals surface area contributed by atoms with E-state index >= 15 is 0 Å². The van der Waals surface area contributed by atoms with Crippen molar-refractivity contribution in [2.75, 3.05) is 26.2 Å². The molecule has 2 heterocycles. The van der Waals surface area contributed by atoms with E-state index in [1.165, 1.54) is 4.31 Å². The fourth-order valence-corrected chi connectivity index (χ4v) is 4.59. The Balaban J connectivity index is 1.43. The van der Waals surface area contributed by atoms with Crippen LogP contribution >= 0.6 is 0 Å². The van der Waals surface area contributed by atoms with Gasteiger partial charge in [-0.05, 0) is 12.1 Å². The lowest BCUT2D eigenvalue weighted by Gasteiger charge is -2.33. The Kier molecular flexibility index (Phi) is 4.97. The predicted octanol–water partition coefficient (Wildman–Crippen LogP) is 2.49. The van der Waals surface area contributed by atoms with Gasteiger partial charge in [-0.3, -0.25) is 4.79 Å². The first-order valence-corrected chi connectivity index (χ1v) is 10.4. The van der Waals surface area contributed by atoms with Crippen LogP contribution in [-0.4, -0.2) is 54.9 Å². The van der Waals surface area contributed by atoms with Gasteiger partial charge in [0.2, 0.25) is 10.0 Å². The fourth-order valence-electron chi connectivity index (χ4n) is 3.15. The number of rotatable bonds is 4. The number of carbonyl (C=O) groups is 1. The molecule has 0 aliphatic carbocycles. The van der Waals surface area contributed by atoms with E-state index in [4.69, 9.17) is 4.52 Å². The number of piperazine rings is 1. The Hall–Kier alpha value is -2.97. The van der Waals surface area contributed by atoms with E-state index in [-0.39, 0.29) is 29.6 Å². The molecule has 1 aliphatic heterocycles. The molecule has 2 aromatic carbocycles. The van der Waals surface area contributed by atoms with Crippen molar-refractivity contribution in [2.45, 2.75) is 4.90 Å². The van der Waals surface area contributed by atoms with Gasteiger partial charge >= 0.3 is 0 Å². The van der Waals surface area contributed by atoms with Crippen molar-refractivity contribution in [2.24, 2.45) is 0 Å². The largest absolute Gasteiger partial charge is 0.355 e. The van der Waals surface area contributed by atoms with E-state index in [1.54, 1.807) is 41.3 Å². The van der Waals surface area contributed by atoms with Gasteiger partial charge in [0.25, 0.3) is 5.91 Å². The zero-order valence-corrected chi connectivity index (χ0v) is 15.9. The highest BCUT2D eigenvalue weighted by molar-refractivity contribution is 7.89. The van der Waals surface area contributed by atoms with Crippen LogP contribution in [0.1, 0.15) is 10.5 Å². The quantitative estimate of drug-likeness (QED) is 0.675. The molecule has 144 valence electrons. The lowest BCUT2D eigenvalue weighted by Crippen LogP contribution is -2.50. The summed E-state index contributed by atoms with van der Waals surface area (Å²) in [5, 5.41) is 3.89. The molecule has 0 bridgehead atoms. The molecule has 0 atom stereocenters. The molecular formula is C20H19N3O4S. The van der Waals surface area contributed by atoms with Gasteiger partial charge in [0.1, 0.15) is 0 Å². The lowest BCUT2D eigenvalue weighted by atomic mass is 10.1. The summed E-state index contributed by atoms with van der Waals surface area (Å²) in [4.78, 5) is 14.6. The average Bonchev–Trinajstić information content (AvgIpc) is 3.25. The number of carbonyl (C=O) groups excluding carboxylic acids is 1. The highest BCUT2D eigenvalue weighted by Crippen LogP contribution is 2.22. The monoisotopic (exact) mass is 397 g/mol. The van der Waals surface area contributed by atoms with Crippen molar-refractivity contribution in [1.82, 2.24) is 14.4 Å². The van der Waals surface area contributed by atoms with Crippen molar-refractivity contribution in [3.63, 3.8) is 0 Å². The molecule has 3 aromatic rings. The lowest BCUT2D eigenvalue weighted by molar-refractivity contribution is 0.0687. The number of hydrogen-bond acceptors (Lipinski definition) is 5. The van der Waals surface area contributed by atoms with E-state index in [9.17, 15) is 13.2 Å². The minimum absolute atomic E-state index is 0.221. The maximum absolute atomic E-state index is 12.7. The van der Waals surface area contributed by atoms with Crippen LogP contribution in [0.4, 0.5) is 0 Å². The molecule has 0 N–H and O–H groups in total. The van der Waals surface area contributed by atoms with Crippen LogP contribution in [0.3, 0.4) is 0 Å². The molecule has 1 amide bonds. The highest BCUT2D eigenvalue weighted by atomic mass is 32.2. The second kappa shape index (κ2) is 7.57. The van der Waals surface area contributed by atoms with Crippen LogP contribution in [0.2, 0.25) is 0 Å². The summed E-state index contributed by atoms with van der Waals surface area (Å²) in [7, 11) is -3.55. The summed E-state index contributed by atoms with van der Waals surface area (Å²) in [5.41, 5.74) is 1.06. The van der Waals surface area contributed by atoms with Gasteiger partial charge in [0.15, 0.2) is 11.5 Å². The second-order valence-corrected chi connectivity index (χ2v) is 8.39. The van der Waals surface area contributed by atoms with E-state index in [0.29, 0.717) is 18.8 Å². The molecule has 8 heteroatoms. The molecular weight excluding hydrogens is 378 g/mol. The number of benzene rings is 2. The molecule has 0 unspecified atom stereocenters. The molecule has 0 saturated carbocycles. The molecule has 28 heavy (non-hydrogen) atoms. The first-order valence-electron chi connectivity index (χ1n) is 8.92.